The maximum absolute atomic E-state index is 6.17. The van der Waals surface area contributed by atoms with Gasteiger partial charge in [0, 0.05) is 15.8 Å². The van der Waals surface area contributed by atoms with Gasteiger partial charge in [-0.1, -0.05) is 51.5 Å². The van der Waals surface area contributed by atoms with E-state index in [2.05, 4.69) is 57.2 Å². The Balaban J connectivity index is 2.18. The summed E-state index contributed by atoms with van der Waals surface area (Å²) in [5.74, 6) is 0.589. The van der Waals surface area contributed by atoms with E-state index in [0.717, 1.165) is 12.8 Å². The molecular formula is C17H23NS. The molecule has 2 rings (SSSR count). The van der Waals surface area contributed by atoms with Gasteiger partial charge in [-0.3, -0.25) is 0 Å². The van der Waals surface area contributed by atoms with Crippen molar-refractivity contribution in [3.05, 3.63) is 46.8 Å². The predicted molar refractivity (Wildman–Crippen MR) is 85.7 cm³/mol. The fourth-order valence-electron chi connectivity index (χ4n) is 2.19. The Morgan fingerprint density at radius 3 is 2.32 bits per heavy atom. The molecule has 0 radical (unpaired) electrons. The summed E-state index contributed by atoms with van der Waals surface area (Å²) in [6.07, 6.45) is 2.20. The van der Waals surface area contributed by atoms with Gasteiger partial charge in [0.2, 0.25) is 0 Å². The van der Waals surface area contributed by atoms with Crippen molar-refractivity contribution in [2.45, 2.75) is 45.6 Å². The van der Waals surface area contributed by atoms with E-state index in [0.29, 0.717) is 5.92 Å². The molecule has 102 valence electrons. The smallest absolute Gasteiger partial charge is 0.0389 e. The maximum atomic E-state index is 6.17. The fourth-order valence-corrected chi connectivity index (χ4v) is 3.24. The largest absolute Gasteiger partial charge is 0.323 e. The highest BCUT2D eigenvalue weighted by Gasteiger charge is 2.09. The van der Waals surface area contributed by atoms with Crippen LogP contribution in [0.5, 0.6) is 0 Å². The van der Waals surface area contributed by atoms with Crippen LogP contribution in [0, 0.1) is 0 Å². The lowest BCUT2D eigenvalue weighted by Crippen LogP contribution is -2.07. The third-order valence-corrected chi connectivity index (χ3v) is 4.72. The van der Waals surface area contributed by atoms with Gasteiger partial charge in [-0.2, -0.15) is 0 Å². The molecule has 1 unspecified atom stereocenters. The van der Waals surface area contributed by atoms with Gasteiger partial charge in [-0.15, -0.1) is 11.3 Å². The van der Waals surface area contributed by atoms with Crippen LogP contribution in [0.3, 0.4) is 0 Å². The van der Waals surface area contributed by atoms with Crippen LogP contribution >= 0.6 is 11.3 Å². The van der Waals surface area contributed by atoms with Gasteiger partial charge in [0.25, 0.3) is 0 Å². The first-order chi connectivity index (χ1) is 9.11. The van der Waals surface area contributed by atoms with E-state index in [9.17, 15) is 0 Å². The van der Waals surface area contributed by atoms with Crippen LogP contribution < -0.4 is 5.73 Å². The summed E-state index contributed by atoms with van der Waals surface area (Å²) in [7, 11) is 0. The zero-order valence-electron chi connectivity index (χ0n) is 12.0. The molecule has 0 aliphatic heterocycles. The lowest BCUT2D eigenvalue weighted by Gasteiger charge is -2.07. The summed E-state index contributed by atoms with van der Waals surface area (Å²) < 4.78 is 0. The summed E-state index contributed by atoms with van der Waals surface area (Å²) in [4.78, 5) is 2.61. The average Bonchev–Trinajstić information content (AvgIpc) is 2.89. The number of hydrogen-bond acceptors (Lipinski definition) is 2. The van der Waals surface area contributed by atoms with Crippen molar-refractivity contribution in [2.24, 2.45) is 5.73 Å². The van der Waals surface area contributed by atoms with Crippen LogP contribution in [-0.2, 0) is 0 Å². The van der Waals surface area contributed by atoms with Crippen molar-refractivity contribution in [2.75, 3.05) is 0 Å². The second-order valence-corrected chi connectivity index (χ2v) is 6.49. The van der Waals surface area contributed by atoms with Gasteiger partial charge in [-0.25, -0.2) is 0 Å². The highest BCUT2D eigenvalue weighted by molar-refractivity contribution is 7.15. The first kappa shape index (κ1) is 14.3. The molecule has 19 heavy (non-hydrogen) atoms. The number of benzene rings is 1. The van der Waals surface area contributed by atoms with Crippen molar-refractivity contribution in [3.8, 4) is 10.4 Å². The molecule has 0 spiro atoms. The minimum atomic E-state index is 0.193. The predicted octanol–water partition coefficient (Wildman–Crippen LogP) is 5.34. The number of hydrogen-bond donors (Lipinski definition) is 1. The van der Waals surface area contributed by atoms with Gasteiger partial charge in [-0.05, 0) is 35.6 Å². The molecule has 0 saturated carbocycles. The normalized spacial score (nSPS) is 12.9. The van der Waals surface area contributed by atoms with Crippen molar-refractivity contribution in [3.63, 3.8) is 0 Å². The second kappa shape index (κ2) is 6.36. The molecule has 1 aromatic heterocycles. The van der Waals surface area contributed by atoms with E-state index in [1.54, 1.807) is 0 Å². The summed E-state index contributed by atoms with van der Waals surface area (Å²) in [5.41, 5.74) is 8.86. The Labute approximate surface area is 120 Å². The second-order valence-electron chi connectivity index (χ2n) is 5.37. The average molecular weight is 273 g/mol. The molecule has 2 heteroatoms. The van der Waals surface area contributed by atoms with E-state index in [1.165, 1.54) is 20.9 Å². The van der Waals surface area contributed by atoms with Crippen molar-refractivity contribution in [1.29, 1.82) is 0 Å². The van der Waals surface area contributed by atoms with Crippen molar-refractivity contribution >= 4 is 11.3 Å². The SMILES string of the molecule is CCCC(N)c1ccc(-c2ccc(C(C)C)cc2)s1. The Hall–Kier alpha value is -1.12. The van der Waals surface area contributed by atoms with Gasteiger partial charge in [0.1, 0.15) is 0 Å². The van der Waals surface area contributed by atoms with Gasteiger partial charge < -0.3 is 5.73 Å². The van der Waals surface area contributed by atoms with Crippen molar-refractivity contribution in [1.82, 2.24) is 0 Å². The lowest BCUT2D eigenvalue weighted by atomic mass is 10.0. The molecule has 2 N–H and O–H groups in total. The van der Waals surface area contributed by atoms with E-state index in [4.69, 9.17) is 5.73 Å². The number of rotatable bonds is 5. The molecule has 0 amide bonds. The van der Waals surface area contributed by atoms with E-state index in [-0.39, 0.29) is 6.04 Å². The summed E-state index contributed by atoms with van der Waals surface area (Å²) in [6, 6.07) is 13.5. The van der Waals surface area contributed by atoms with Crippen LogP contribution in [0.15, 0.2) is 36.4 Å². The summed E-state index contributed by atoms with van der Waals surface area (Å²) >= 11 is 1.82. The molecule has 0 bridgehead atoms. The van der Waals surface area contributed by atoms with Crippen LogP contribution in [0.25, 0.3) is 10.4 Å². The van der Waals surface area contributed by atoms with Crippen LogP contribution in [0.2, 0.25) is 0 Å². The van der Waals surface area contributed by atoms with Crippen LogP contribution in [0.1, 0.15) is 56.0 Å². The van der Waals surface area contributed by atoms with Crippen molar-refractivity contribution < 1.29 is 0 Å². The molecule has 2 aromatic rings. The Morgan fingerprint density at radius 1 is 1.05 bits per heavy atom. The quantitative estimate of drug-likeness (QED) is 0.782. The van der Waals surface area contributed by atoms with Gasteiger partial charge in [0.05, 0.1) is 0 Å². The molecule has 1 aromatic carbocycles. The fraction of sp³-hybridized carbons (Fsp3) is 0.412. The number of nitrogens with two attached hydrogens (primary N) is 1. The standard InChI is InChI=1S/C17H23NS/c1-4-5-15(18)17-11-10-16(19-17)14-8-6-13(7-9-14)12(2)3/h6-12,15H,4-5,18H2,1-3H3. The summed E-state index contributed by atoms with van der Waals surface area (Å²) in [5, 5.41) is 0. The van der Waals surface area contributed by atoms with E-state index < -0.39 is 0 Å². The third kappa shape index (κ3) is 3.46. The highest BCUT2D eigenvalue weighted by atomic mass is 32.1. The Morgan fingerprint density at radius 2 is 1.74 bits per heavy atom. The minimum absolute atomic E-state index is 0.193. The third-order valence-electron chi connectivity index (χ3n) is 3.45. The minimum Gasteiger partial charge on any atom is -0.323 e. The van der Waals surface area contributed by atoms with Crippen LogP contribution in [0.4, 0.5) is 0 Å². The molecular weight excluding hydrogens is 250 g/mol. The molecule has 0 saturated heterocycles. The highest BCUT2D eigenvalue weighted by Crippen LogP contribution is 2.32. The molecule has 0 aliphatic rings. The molecule has 0 fully saturated rings. The molecule has 1 heterocycles. The topological polar surface area (TPSA) is 26.0 Å². The zero-order chi connectivity index (χ0) is 13.8. The van der Waals surface area contributed by atoms with E-state index in [1.807, 2.05) is 11.3 Å². The van der Waals surface area contributed by atoms with Gasteiger partial charge >= 0.3 is 0 Å². The van der Waals surface area contributed by atoms with Gasteiger partial charge in [0.15, 0.2) is 0 Å². The summed E-state index contributed by atoms with van der Waals surface area (Å²) in [6.45, 7) is 6.63. The van der Waals surface area contributed by atoms with Crippen LogP contribution in [-0.4, -0.2) is 0 Å². The molecule has 1 atom stereocenters. The van der Waals surface area contributed by atoms with E-state index >= 15 is 0 Å². The zero-order valence-corrected chi connectivity index (χ0v) is 12.8. The lowest BCUT2D eigenvalue weighted by molar-refractivity contribution is 0.648. The molecule has 1 nitrogen and oxygen atoms in total. The maximum Gasteiger partial charge on any atom is 0.0389 e. The monoisotopic (exact) mass is 273 g/mol. The number of thiophene rings is 1. The first-order valence-corrected chi connectivity index (χ1v) is 7.89. The molecule has 0 aliphatic carbocycles. The Kier molecular flexibility index (Phi) is 4.78. The first-order valence-electron chi connectivity index (χ1n) is 7.07. The Bertz CT molecular complexity index is 510.